The lowest BCUT2D eigenvalue weighted by Gasteiger charge is -2.15. The SMILES string of the molecule is CC1C[C@H](C(=O)NCCc2ccncc2)[C@H](C(=O)O)C1. The van der Waals surface area contributed by atoms with Crippen molar-refractivity contribution >= 4 is 11.9 Å². The standard InChI is InChI=1S/C15H20N2O3/c1-10-8-12(13(9-10)15(19)20)14(18)17-7-4-11-2-5-16-6-3-11/h2-3,5-6,10,12-13H,4,7-9H2,1H3,(H,17,18)(H,19,20)/t10?,12-,13+/m0/s1. The van der Waals surface area contributed by atoms with Gasteiger partial charge in [-0.15, -0.1) is 0 Å². The molecule has 20 heavy (non-hydrogen) atoms. The van der Waals surface area contributed by atoms with Gasteiger partial charge >= 0.3 is 5.97 Å². The Morgan fingerprint density at radius 3 is 2.60 bits per heavy atom. The van der Waals surface area contributed by atoms with Crippen LogP contribution < -0.4 is 5.32 Å². The van der Waals surface area contributed by atoms with Crippen LogP contribution >= 0.6 is 0 Å². The zero-order chi connectivity index (χ0) is 14.5. The predicted octanol–water partition coefficient (Wildman–Crippen LogP) is 1.49. The van der Waals surface area contributed by atoms with E-state index in [9.17, 15) is 9.59 Å². The van der Waals surface area contributed by atoms with Crippen LogP contribution in [0, 0.1) is 17.8 Å². The molecule has 5 nitrogen and oxygen atoms in total. The van der Waals surface area contributed by atoms with E-state index >= 15 is 0 Å². The molecule has 0 saturated heterocycles. The minimum atomic E-state index is -0.858. The Hall–Kier alpha value is -1.91. The summed E-state index contributed by atoms with van der Waals surface area (Å²) in [5, 5.41) is 12.0. The van der Waals surface area contributed by atoms with E-state index in [1.54, 1.807) is 12.4 Å². The molecule has 1 heterocycles. The highest BCUT2D eigenvalue weighted by atomic mass is 16.4. The average Bonchev–Trinajstić information content (AvgIpc) is 2.82. The average molecular weight is 276 g/mol. The van der Waals surface area contributed by atoms with E-state index in [-0.39, 0.29) is 11.8 Å². The molecule has 0 aliphatic heterocycles. The molecule has 108 valence electrons. The molecule has 0 aromatic carbocycles. The summed E-state index contributed by atoms with van der Waals surface area (Å²) < 4.78 is 0. The molecule has 1 amide bonds. The van der Waals surface area contributed by atoms with Crippen molar-refractivity contribution in [2.24, 2.45) is 17.8 Å². The summed E-state index contributed by atoms with van der Waals surface area (Å²) in [6.07, 6.45) is 5.43. The number of carbonyl (C=O) groups is 2. The summed E-state index contributed by atoms with van der Waals surface area (Å²) in [5.74, 6) is -1.61. The number of aliphatic carboxylic acids is 1. The topological polar surface area (TPSA) is 79.3 Å². The molecule has 1 aliphatic carbocycles. The Morgan fingerprint density at radius 1 is 1.30 bits per heavy atom. The molecule has 1 aliphatic rings. The van der Waals surface area contributed by atoms with Crippen molar-refractivity contribution in [1.29, 1.82) is 0 Å². The van der Waals surface area contributed by atoms with Crippen LogP contribution in [0.15, 0.2) is 24.5 Å². The zero-order valence-electron chi connectivity index (χ0n) is 11.6. The normalized spacial score (nSPS) is 25.4. The smallest absolute Gasteiger partial charge is 0.307 e. The Morgan fingerprint density at radius 2 is 1.95 bits per heavy atom. The maximum atomic E-state index is 12.1. The van der Waals surface area contributed by atoms with Gasteiger partial charge in [0.1, 0.15) is 0 Å². The molecule has 1 fully saturated rings. The summed E-state index contributed by atoms with van der Waals surface area (Å²) in [5.41, 5.74) is 1.11. The fourth-order valence-corrected chi connectivity index (χ4v) is 2.87. The Labute approximate surface area is 118 Å². The van der Waals surface area contributed by atoms with E-state index in [1.165, 1.54) is 0 Å². The van der Waals surface area contributed by atoms with E-state index in [4.69, 9.17) is 5.11 Å². The van der Waals surface area contributed by atoms with Gasteiger partial charge in [0, 0.05) is 18.9 Å². The highest BCUT2D eigenvalue weighted by molar-refractivity contribution is 5.85. The van der Waals surface area contributed by atoms with Gasteiger partial charge in [-0.25, -0.2) is 0 Å². The van der Waals surface area contributed by atoms with E-state index in [1.807, 2.05) is 19.1 Å². The third kappa shape index (κ3) is 3.56. The van der Waals surface area contributed by atoms with Crippen LogP contribution in [0.3, 0.4) is 0 Å². The number of rotatable bonds is 5. The lowest BCUT2D eigenvalue weighted by Crippen LogP contribution is -2.36. The van der Waals surface area contributed by atoms with Crippen LogP contribution in [-0.2, 0) is 16.0 Å². The number of pyridine rings is 1. The van der Waals surface area contributed by atoms with Gasteiger partial charge in [0.25, 0.3) is 0 Å². The quantitative estimate of drug-likeness (QED) is 0.854. The Kier molecular flexibility index (Phi) is 4.71. The second-order valence-corrected chi connectivity index (χ2v) is 5.52. The first kappa shape index (κ1) is 14.5. The first-order chi connectivity index (χ1) is 9.58. The third-order valence-electron chi connectivity index (χ3n) is 3.91. The van der Waals surface area contributed by atoms with Crippen molar-refractivity contribution in [3.8, 4) is 0 Å². The molecule has 0 bridgehead atoms. The molecule has 3 atom stereocenters. The van der Waals surface area contributed by atoms with Crippen LogP contribution in [-0.4, -0.2) is 28.5 Å². The second-order valence-electron chi connectivity index (χ2n) is 5.52. The molecule has 2 rings (SSSR count). The van der Waals surface area contributed by atoms with Crippen molar-refractivity contribution in [3.63, 3.8) is 0 Å². The molecule has 1 unspecified atom stereocenters. The van der Waals surface area contributed by atoms with Crippen LogP contribution in [0.5, 0.6) is 0 Å². The molecule has 0 spiro atoms. The van der Waals surface area contributed by atoms with Crippen LogP contribution in [0.25, 0.3) is 0 Å². The molecular formula is C15H20N2O3. The second kappa shape index (κ2) is 6.50. The maximum absolute atomic E-state index is 12.1. The van der Waals surface area contributed by atoms with Crippen LogP contribution in [0.4, 0.5) is 0 Å². The van der Waals surface area contributed by atoms with Gasteiger partial charge in [0.05, 0.1) is 11.8 Å². The first-order valence-corrected chi connectivity index (χ1v) is 6.97. The summed E-state index contributed by atoms with van der Waals surface area (Å²) >= 11 is 0. The monoisotopic (exact) mass is 276 g/mol. The molecule has 2 N–H and O–H groups in total. The van der Waals surface area contributed by atoms with E-state index in [0.29, 0.717) is 25.3 Å². The van der Waals surface area contributed by atoms with Gasteiger partial charge in [0.15, 0.2) is 0 Å². The van der Waals surface area contributed by atoms with Crippen LogP contribution in [0.1, 0.15) is 25.3 Å². The number of nitrogens with one attached hydrogen (secondary N) is 1. The number of nitrogens with zero attached hydrogens (tertiary/aromatic N) is 1. The fraction of sp³-hybridized carbons (Fsp3) is 0.533. The first-order valence-electron chi connectivity index (χ1n) is 6.97. The van der Waals surface area contributed by atoms with Crippen molar-refractivity contribution < 1.29 is 14.7 Å². The molecule has 1 saturated carbocycles. The molecular weight excluding hydrogens is 256 g/mol. The van der Waals surface area contributed by atoms with Gasteiger partial charge in [-0.2, -0.15) is 0 Å². The van der Waals surface area contributed by atoms with Crippen molar-refractivity contribution in [2.75, 3.05) is 6.54 Å². The summed E-state index contributed by atoms with van der Waals surface area (Å²) in [7, 11) is 0. The third-order valence-corrected chi connectivity index (χ3v) is 3.91. The molecule has 0 radical (unpaired) electrons. The molecule has 1 aromatic heterocycles. The lowest BCUT2D eigenvalue weighted by atomic mass is 9.95. The summed E-state index contributed by atoms with van der Waals surface area (Å²) in [6.45, 7) is 2.53. The number of hydrogen-bond donors (Lipinski definition) is 2. The van der Waals surface area contributed by atoms with Crippen LogP contribution in [0.2, 0.25) is 0 Å². The lowest BCUT2D eigenvalue weighted by molar-refractivity contribution is -0.146. The Balaban J connectivity index is 1.84. The number of carbonyl (C=O) groups excluding carboxylic acids is 1. The number of hydrogen-bond acceptors (Lipinski definition) is 3. The highest BCUT2D eigenvalue weighted by Crippen LogP contribution is 2.36. The number of amides is 1. The van der Waals surface area contributed by atoms with E-state index < -0.39 is 11.9 Å². The van der Waals surface area contributed by atoms with Gasteiger partial charge in [0.2, 0.25) is 5.91 Å². The van der Waals surface area contributed by atoms with Gasteiger partial charge in [-0.1, -0.05) is 6.92 Å². The van der Waals surface area contributed by atoms with Crippen molar-refractivity contribution in [1.82, 2.24) is 10.3 Å². The predicted molar refractivity (Wildman–Crippen MR) is 74.0 cm³/mol. The summed E-state index contributed by atoms with van der Waals surface area (Å²) in [4.78, 5) is 27.2. The van der Waals surface area contributed by atoms with Gasteiger partial charge < -0.3 is 10.4 Å². The minimum absolute atomic E-state index is 0.129. The largest absolute Gasteiger partial charge is 0.481 e. The van der Waals surface area contributed by atoms with E-state index in [0.717, 1.165) is 12.0 Å². The number of carboxylic acid groups (broad SMARTS) is 1. The Bertz CT molecular complexity index is 475. The van der Waals surface area contributed by atoms with Gasteiger partial charge in [-0.05, 0) is 42.9 Å². The molecule has 1 aromatic rings. The van der Waals surface area contributed by atoms with E-state index in [2.05, 4.69) is 10.3 Å². The van der Waals surface area contributed by atoms with Crippen molar-refractivity contribution in [3.05, 3.63) is 30.1 Å². The maximum Gasteiger partial charge on any atom is 0.307 e. The fourth-order valence-electron chi connectivity index (χ4n) is 2.87. The zero-order valence-corrected chi connectivity index (χ0v) is 11.6. The van der Waals surface area contributed by atoms with Gasteiger partial charge in [-0.3, -0.25) is 14.6 Å². The summed E-state index contributed by atoms with van der Waals surface area (Å²) in [6, 6.07) is 3.81. The van der Waals surface area contributed by atoms with Crippen molar-refractivity contribution in [2.45, 2.75) is 26.2 Å². The number of aromatic nitrogens is 1. The number of carboxylic acids is 1. The highest BCUT2D eigenvalue weighted by Gasteiger charge is 2.40. The molecule has 5 heteroatoms. The minimum Gasteiger partial charge on any atom is -0.481 e.